The topological polar surface area (TPSA) is 39.9 Å². The quantitative estimate of drug-likeness (QED) is 0.859. The molecular formula is C13H12BrF2N3O. The van der Waals surface area contributed by atoms with Crippen molar-refractivity contribution >= 4 is 15.9 Å². The minimum absolute atomic E-state index is 0.0681. The van der Waals surface area contributed by atoms with Gasteiger partial charge in [-0.2, -0.15) is 0 Å². The Balaban J connectivity index is 2.21. The molecule has 0 radical (unpaired) electrons. The second-order valence-electron chi connectivity index (χ2n) is 4.89. The smallest absolute Gasteiger partial charge is 0.233 e. The molecule has 20 heavy (non-hydrogen) atoms. The van der Waals surface area contributed by atoms with Gasteiger partial charge in [0.25, 0.3) is 0 Å². The molecule has 1 saturated heterocycles. The first-order valence-electron chi connectivity index (χ1n) is 6.03. The number of alkyl halides is 2. The molecule has 1 fully saturated rings. The van der Waals surface area contributed by atoms with Crippen LogP contribution in [0.2, 0.25) is 0 Å². The standard InChI is InChI=1S/C13H12BrF2N3O/c1-19-8-17-18-11(19)13(16,12(15)6-20-7-12)9-3-2-4-10(14)5-9/h2-5,8H,6-7H2,1H3. The van der Waals surface area contributed by atoms with Gasteiger partial charge in [0, 0.05) is 17.1 Å². The van der Waals surface area contributed by atoms with Crippen LogP contribution in [0.1, 0.15) is 11.4 Å². The lowest BCUT2D eigenvalue weighted by molar-refractivity contribution is -0.197. The average molecular weight is 344 g/mol. The number of ether oxygens (including phenoxy) is 1. The lowest BCUT2D eigenvalue weighted by Crippen LogP contribution is -2.60. The minimum atomic E-state index is -2.40. The van der Waals surface area contributed by atoms with Crippen LogP contribution < -0.4 is 0 Å². The van der Waals surface area contributed by atoms with Crippen LogP contribution in [0.3, 0.4) is 0 Å². The molecule has 2 heterocycles. The first-order chi connectivity index (χ1) is 9.47. The molecule has 3 rings (SSSR count). The molecule has 1 aromatic carbocycles. The molecule has 2 aromatic rings. The molecule has 7 heteroatoms. The van der Waals surface area contributed by atoms with E-state index < -0.39 is 11.3 Å². The van der Waals surface area contributed by atoms with E-state index in [1.807, 2.05) is 0 Å². The first kappa shape index (κ1) is 13.6. The fourth-order valence-corrected chi connectivity index (χ4v) is 2.77. The van der Waals surface area contributed by atoms with Crippen molar-refractivity contribution in [2.75, 3.05) is 13.2 Å². The maximum atomic E-state index is 15.8. The maximum Gasteiger partial charge on any atom is 0.233 e. The lowest BCUT2D eigenvalue weighted by Gasteiger charge is -2.44. The van der Waals surface area contributed by atoms with Gasteiger partial charge in [0.2, 0.25) is 11.3 Å². The van der Waals surface area contributed by atoms with E-state index in [4.69, 9.17) is 4.74 Å². The summed E-state index contributed by atoms with van der Waals surface area (Å²) >= 11 is 3.28. The number of aryl methyl sites for hydroxylation is 1. The van der Waals surface area contributed by atoms with Crippen LogP contribution in [0.5, 0.6) is 0 Å². The molecule has 4 nitrogen and oxygen atoms in total. The van der Waals surface area contributed by atoms with Crippen molar-refractivity contribution in [1.82, 2.24) is 14.8 Å². The van der Waals surface area contributed by atoms with Gasteiger partial charge in [-0.25, -0.2) is 8.78 Å². The van der Waals surface area contributed by atoms with Gasteiger partial charge in [-0.1, -0.05) is 28.1 Å². The van der Waals surface area contributed by atoms with Gasteiger partial charge >= 0.3 is 0 Å². The number of benzene rings is 1. The van der Waals surface area contributed by atoms with E-state index in [2.05, 4.69) is 26.1 Å². The van der Waals surface area contributed by atoms with Crippen LogP contribution >= 0.6 is 15.9 Å². The Hall–Kier alpha value is -1.34. The third-order valence-electron chi connectivity index (χ3n) is 3.52. The Bertz CT molecular complexity index is 644. The summed E-state index contributed by atoms with van der Waals surface area (Å²) in [6, 6.07) is 6.50. The van der Waals surface area contributed by atoms with E-state index in [1.54, 1.807) is 31.3 Å². The summed E-state index contributed by atoms with van der Waals surface area (Å²) in [6.07, 6.45) is 1.35. The summed E-state index contributed by atoms with van der Waals surface area (Å²) < 4.78 is 37.6. The van der Waals surface area contributed by atoms with Crippen molar-refractivity contribution in [3.8, 4) is 0 Å². The van der Waals surface area contributed by atoms with E-state index in [0.29, 0.717) is 4.47 Å². The van der Waals surface area contributed by atoms with Crippen LogP contribution in [0.25, 0.3) is 0 Å². The van der Waals surface area contributed by atoms with Crippen LogP contribution in [-0.4, -0.2) is 33.6 Å². The number of nitrogens with zero attached hydrogens (tertiary/aromatic N) is 3. The van der Waals surface area contributed by atoms with E-state index in [-0.39, 0.29) is 24.6 Å². The van der Waals surface area contributed by atoms with Crippen molar-refractivity contribution in [2.45, 2.75) is 11.3 Å². The largest absolute Gasteiger partial charge is 0.374 e. The van der Waals surface area contributed by atoms with Gasteiger partial charge in [0.15, 0.2) is 5.82 Å². The molecule has 0 N–H and O–H groups in total. The molecule has 0 saturated carbocycles. The third-order valence-corrected chi connectivity index (χ3v) is 4.01. The summed E-state index contributed by atoms with van der Waals surface area (Å²) in [5.41, 5.74) is -4.36. The third kappa shape index (κ3) is 1.80. The number of hydrogen-bond donors (Lipinski definition) is 0. The van der Waals surface area contributed by atoms with E-state index >= 15 is 4.39 Å². The zero-order chi connectivity index (χ0) is 14.4. The van der Waals surface area contributed by atoms with Crippen molar-refractivity contribution < 1.29 is 13.5 Å². The van der Waals surface area contributed by atoms with Gasteiger partial charge in [0.05, 0.1) is 13.2 Å². The number of rotatable bonds is 3. The molecule has 1 aliphatic heterocycles. The van der Waals surface area contributed by atoms with E-state index in [0.717, 1.165) is 0 Å². The summed E-state index contributed by atoms with van der Waals surface area (Å²) in [4.78, 5) is 0. The maximum absolute atomic E-state index is 15.8. The van der Waals surface area contributed by atoms with Crippen molar-refractivity contribution in [3.05, 3.63) is 46.5 Å². The van der Waals surface area contributed by atoms with Gasteiger partial charge in [-0.05, 0) is 12.1 Å². The highest BCUT2D eigenvalue weighted by molar-refractivity contribution is 9.10. The Morgan fingerprint density at radius 3 is 2.70 bits per heavy atom. The monoisotopic (exact) mass is 343 g/mol. The molecule has 1 aromatic heterocycles. The van der Waals surface area contributed by atoms with Gasteiger partial charge in [-0.3, -0.25) is 0 Å². The summed E-state index contributed by atoms with van der Waals surface area (Å²) in [6.45, 7) is -0.605. The first-order valence-corrected chi connectivity index (χ1v) is 6.83. The van der Waals surface area contributed by atoms with Gasteiger partial charge in [-0.15, -0.1) is 10.2 Å². The minimum Gasteiger partial charge on any atom is -0.374 e. The Morgan fingerprint density at radius 1 is 1.45 bits per heavy atom. The Morgan fingerprint density at radius 2 is 2.20 bits per heavy atom. The molecule has 1 aliphatic rings. The van der Waals surface area contributed by atoms with Crippen LogP contribution in [0, 0.1) is 0 Å². The van der Waals surface area contributed by atoms with Crippen molar-refractivity contribution in [2.24, 2.45) is 7.05 Å². The Labute approximate surface area is 122 Å². The molecule has 1 atom stereocenters. The number of hydrogen-bond acceptors (Lipinski definition) is 3. The summed E-state index contributed by atoms with van der Waals surface area (Å²) in [5.74, 6) is -0.0681. The van der Waals surface area contributed by atoms with Crippen LogP contribution in [-0.2, 0) is 17.5 Å². The lowest BCUT2D eigenvalue weighted by atomic mass is 9.78. The van der Waals surface area contributed by atoms with Crippen LogP contribution in [0.15, 0.2) is 35.1 Å². The zero-order valence-electron chi connectivity index (χ0n) is 10.7. The molecule has 0 aliphatic carbocycles. The molecule has 106 valence electrons. The highest BCUT2D eigenvalue weighted by Crippen LogP contribution is 2.48. The SMILES string of the molecule is Cn1cnnc1C(F)(c1cccc(Br)c1)C1(F)COC1. The van der Waals surface area contributed by atoms with Crippen molar-refractivity contribution in [1.29, 1.82) is 0 Å². The number of aromatic nitrogens is 3. The molecule has 1 unspecified atom stereocenters. The zero-order valence-corrected chi connectivity index (χ0v) is 12.3. The Kier molecular flexibility index (Phi) is 3.13. The fourth-order valence-electron chi connectivity index (χ4n) is 2.37. The summed E-state index contributed by atoms with van der Waals surface area (Å²) in [7, 11) is 1.59. The molecule has 0 spiro atoms. The van der Waals surface area contributed by atoms with Crippen LogP contribution in [0.4, 0.5) is 8.78 Å². The second-order valence-corrected chi connectivity index (χ2v) is 5.81. The van der Waals surface area contributed by atoms with E-state index in [1.165, 1.54) is 10.9 Å². The predicted octanol–water partition coefficient (Wildman–Crippen LogP) is 2.53. The van der Waals surface area contributed by atoms with Gasteiger partial charge in [0.1, 0.15) is 6.33 Å². The number of halogens is 3. The van der Waals surface area contributed by atoms with Gasteiger partial charge < -0.3 is 9.30 Å². The molecule has 0 bridgehead atoms. The second kappa shape index (κ2) is 4.60. The molecular weight excluding hydrogens is 332 g/mol. The summed E-state index contributed by atoms with van der Waals surface area (Å²) in [5, 5.41) is 7.43. The normalized spacial score (nSPS) is 20.2. The average Bonchev–Trinajstić information content (AvgIpc) is 2.81. The molecule has 0 amide bonds. The highest BCUT2D eigenvalue weighted by atomic mass is 79.9. The van der Waals surface area contributed by atoms with E-state index in [9.17, 15) is 4.39 Å². The highest BCUT2D eigenvalue weighted by Gasteiger charge is 2.63. The predicted molar refractivity (Wildman–Crippen MR) is 71.7 cm³/mol. The van der Waals surface area contributed by atoms with Crippen molar-refractivity contribution in [3.63, 3.8) is 0 Å². The fraction of sp³-hybridized carbons (Fsp3) is 0.385.